The van der Waals surface area contributed by atoms with Crippen molar-refractivity contribution in [2.45, 2.75) is 13.8 Å². The number of nitrogens with zero attached hydrogens (tertiary/aromatic N) is 6. The number of hydrogen-bond acceptors (Lipinski definition) is 5. The van der Waals surface area contributed by atoms with E-state index in [1.807, 2.05) is 19.9 Å². The highest BCUT2D eigenvalue weighted by Crippen LogP contribution is 2.23. The molecule has 7 heteroatoms. The Hall–Kier alpha value is -2.08. The zero-order chi connectivity index (χ0) is 12.7. The molecule has 0 atom stereocenters. The van der Waals surface area contributed by atoms with E-state index in [1.54, 1.807) is 16.8 Å². The molecule has 0 N–H and O–H groups in total. The van der Waals surface area contributed by atoms with E-state index < -0.39 is 0 Å². The van der Waals surface area contributed by atoms with E-state index in [0.717, 1.165) is 17.0 Å². The smallest absolute Gasteiger partial charge is 0.180 e. The fourth-order valence-electron chi connectivity index (χ4n) is 1.76. The van der Waals surface area contributed by atoms with Crippen LogP contribution in [0.1, 0.15) is 11.4 Å². The SMILES string of the molecule is Cc1cc(-c2nnc3cncc(Cl)n23)c(C)nn1. The van der Waals surface area contributed by atoms with Crippen molar-refractivity contribution in [3.05, 3.63) is 35.0 Å². The summed E-state index contributed by atoms with van der Waals surface area (Å²) in [5.74, 6) is 0.646. The van der Waals surface area contributed by atoms with Crippen molar-refractivity contribution in [2.24, 2.45) is 0 Å². The molecule has 18 heavy (non-hydrogen) atoms. The van der Waals surface area contributed by atoms with Gasteiger partial charge in [-0.15, -0.1) is 10.2 Å². The standard InChI is InChI=1S/C11H9ClN6/c1-6-3-8(7(2)15-14-6)11-17-16-10-5-13-4-9(12)18(10)11/h3-5H,1-2H3. The molecule has 0 aliphatic heterocycles. The van der Waals surface area contributed by atoms with Gasteiger partial charge in [0.05, 0.1) is 23.8 Å². The van der Waals surface area contributed by atoms with E-state index in [0.29, 0.717) is 16.6 Å². The maximum Gasteiger partial charge on any atom is 0.180 e. The Labute approximate surface area is 108 Å². The summed E-state index contributed by atoms with van der Waals surface area (Å²) in [4.78, 5) is 3.98. The fourth-order valence-corrected chi connectivity index (χ4v) is 1.99. The van der Waals surface area contributed by atoms with E-state index >= 15 is 0 Å². The van der Waals surface area contributed by atoms with Gasteiger partial charge in [0.1, 0.15) is 5.15 Å². The largest absolute Gasteiger partial charge is 0.262 e. The lowest BCUT2D eigenvalue weighted by Crippen LogP contribution is -1.98. The lowest BCUT2D eigenvalue weighted by atomic mass is 10.2. The Morgan fingerprint density at radius 1 is 1.06 bits per heavy atom. The highest BCUT2D eigenvalue weighted by Gasteiger charge is 2.14. The van der Waals surface area contributed by atoms with E-state index in [4.69, 9.17) is 11.6 Å². The summed E-state index contributed by atoms with van der Waals surface area (Å²) in [5, 5.41) is 16.7. The van der Waals surface area contributed by atoms with Crippen LogP contribution in [0.25, 0.3) is 17.0 Å². The molecule has 0 aliphatic carbocycles. The van der Waals surface area contributed by atoms with Crippen LogP contribution < -0.4 is 0 Å². The molecule has 0 saturated heterocycles. The fraction of sp³-hybridized carbons (Fsp3) is 0.182. The molecule has 0 aromatic carbocycles. The third kappa shape index (κ3) is 1.62. The molecule has 0 saturated carbocycles. The second kappa shape index (κ2) is 3.99. The van der Waals surface area contributed by atoms with Crippen molar-refractivity contribution in [3.8, 4) is 11.4 Å². The predicted molar refractivity (Wildman–Crippen MR) is 66.3 cm³/mol. The molecule has 3 aromatic rings. The van der Waals surface area contributed by atoms with Gasteiger partial charge in [0.15, 0.2) is 11.5 Å². The Morgan fingerprint density at radius 2 is 1.89 bits per heavy atom. The van der Waals surface area contributed by atoms with Crippen LogP contribution in [-0.4, -0.2) is 29.8 Å². The van der Waals surface area contributed by atoms with E-state index in [-0.39, 0.29) is 0 Å². The minimum absolute atomic E-state index is 0.460. The first kappa shape index (κ1) is 11.0. The molecule has 3 aromatic heterocycles. The molecular formula is C11H9ClN6. The third-order valence-electron chi connectivity index (χ3n) is 2.61. The summed E-state index contributed by atoms with van der Waals surface area (Å²) >= 11 is 6.13. The van der Waals surface area contributed by atoms with Gasteiger partial charge in [-0.25, -0.2) is 0 Å². The third-order valence-corrected chi connectivity index (χ3v) is 2.88. The van der Waals surface area contributed by atoms with E-state index in [9.17, 15) is 0 Å². The van der Waals surface area contributed by atoms with Gasteiger partial charge in [0.2, 0.25) is 0 Å². The van der Waals surface area contributed by atoms with Crippen LogP contribution >= 0.6 is 11.6 Å². The van der Waals surface area contributed by atoms with Crippen molar-refractivity contribution in [3.63, 3.8) is 0 Å². The second-order valence-electron chi connectivity index (χ2n) is 3.93. The van der Waals surface area contributed by atoms with Gasteiger partial charge in [-0.3, -0.25) is 9.38 Å². The van der Waals surface area contributed by atoms with Gasteiger partial charge in [-0.1, -0.05) is 11.6 Å². The van der Waals surface area contributed by atoms with Crippen molar-refractivity contribution in [1.82, 2.24) is 29.8 Å². The first-order valence-electron chi connectivity index (χ1n) is 5.33. The van der Waals surface area contributed by atoms with E-state index in [1.165, 1.54) is 0 Å². The van der Waals surface area contributed by atoms with Gasteiger partial charge in [-0.05, 0) is 19.9 Å². The van der Waals surface area contributed by atoms with Crippen LogP contribution in [0.5, 0.6) is 0 Å². The molecular weight excluding hydrogens is 252 g/mol. The van der Waals surface area contributed by atoms with Crippen LogP contribution in [0.15, 0.2) is 18.5 Å². The molecule has 0 aliphatic rings. The first-order valence-corrected chi connectivity index (χ1v) is 5.70. The molecule has 0 bridgehead atoms. The van der Waals surface area contributed by atoms with Crippen LogP contribution in [0, 0.1) is 13.8 Å². The molecule has 0 radical (unpaired) electrons. The zero-order valence-corrected chi connectivity index (χ0v) is 10.5. The summed E-state index contributed by atoms with van der Waals surface area (Å²) in [6.07, 6.45) is 3.16. The lowest BCUT2D eigenvalue weighted by molar-refractivity contribution is 0.935. The van der Waals surface area contributed by atoms with Gasteiger partial charge in [0.25, 0.3) is 0 Å². The summed E-state index contributed by atoms with van der Waals surface area (Å²) in [5.41, 5.74) is 3.06. The molecule has 3 heterocycles. The monoisotopic (exact) mass is 260 g/mol. The summed E-state index contributed by atoms with van der Waals surface area (Å²) in [6, 6.07) is 1.91. The van der Waals surface area contributed by atoms with Crippen molar-refractivity contribution >= 4 is 17.2 Å². The topological polar surface area (TPSA) is 68.9 Å². The average molecular weight is 261 g/mol. The Morgan fingerprint density at radius 3 is 2.72 bits per heavy atom. The summed E-state index contributed by atoms with van der Waals surface area (Å²) in [7, 11) is 0. The Bertz CT molecular complexity index is 735. The van der Waals surface area contributed by atoms with E-state index in [2.05, 4.69) is 25.4 Å². The molecule has 0 unspecified atom stereocenters. The van der Waals surface area contributed by atoms with Crippen LogP contribution in [-0.2, 0) is 0 Å². The van der Waals surface area contributed by atoms with Gasteiger partial charge in [-0.2, -0.15) is 10.2 Å². The molecule has 0 spiro atoms. The zero-order valence-electron chi connectivity index (χ0n) is 9.79. The summed E-state index contributed by atoms with van der Waals surface area (Å²) in [6.45, 7) is 3.75. The quantitative estimate of drug-likeness (QED) is 0.668. The molecule has 3 rings (SSSR count). The average Bonchev–Trinajstić information content (AvgIpc) is 2.77. The van der Waals surface area contributed by atoms with Gasteiger partial charge in [0, 0.05) is 5.56 Å². The second-order valence-corrected chi connectivity index (χ2v) is 4.32. The Kier molecular flexibility index (Phi) is 2.45. The molecule has 6 nitrogen and oxygen atoms in total. The number of rotatable bonds is 1. The highest BCUT2D eigenvalue weighted by molar-refractivity contribution is 6.29. The van der Waals surface area contributed by atoms with Crippen LogP contribution in [0.2, 0.25) is 5.15 Å². The Balaban J connectivity index is 2.35. The highest BCUT2D eigenvalue weighted by atomic mass is 35.5. The van der Waals surface area contributed by atoms with Crippen molar-refractivity contribution in [2.75, 3.05) is 0 Å². The lowest BCUT2D eigenvalue weighted by Gasteiger charge is -2.04. The van der Waals surface area contributed by atoms with Crippen LogP contribution in [0.4, 0.5) is 0 Å². The molecule has 0 fully saturated rings. The van der Waals surface area contributed by atoms with Crippen LogP contribution in [0.3, 0.4) is 0 Å². The van der Waals surface area contributed by atoms with Crippen molar-refractivity contribution in [1.29, 1.82) is 0 Å². The van der Waals surface area contributed by atoms with Crippen molar-refractivity contribution < 1.29 is 0 Å². The number of aryl methyl sites for hydroxylation is 2. The number of fused-ring (bicyclic) bond motifs is 1. The summed E-state index contributed by atoms with van der Waals surface area (Å²) < 4.78 is 1.73. The minimum atomic E-state index is 0.460. The molecule has 90 valence electrons. The van der Waals surface area contributed by atoms with Gasteiger partial charge < -0.3 is 0 Å². The minimum Gasteiger partial charge on any atom is -0.262 e. The number of hydrogen-bond donors (Lipinski definition) is 0. The molecule has 0 amide bonds. The predicted octanol–water partition coefficient (Wildman–Crippen LogP) is 1.85. The normalized spacial score (nSPS) is 11.1. The maximum absolute atomic E-state index is 6.13. The maximum atomic E-state index is 6.13. The number of aromatic nitrogens is 6. The first-order chi connectivity index (χ1) is 8.66. The van der Waals surface area contributed by atoms with Gasteiger partial charge >= 0.3 is 0 Å². The number of halogens is 1.